The molecule has 0 amide bonds. The van der Waals surface area contributed by atoms with Crippen LogP contribution in [0.15, 0.2) is 65.6 Å². The summed E-state index contributed by atoms with van der Waals surface area (Å²) in [5.41, 5.74) is 2.07. The Morgan fingerprint density at radius 2 is 1.45 bits per heavy atom. The Bertz CT molecular complexity index is 811. The van der Waals surface area contributed by atoms with E-state index in [0.717, 1.165) is 31.8 Å². The van der Waals surface area contributed by atoms with Crippen molar-refractivity contribution in [3.63, 3.8) is 0 Å². The first-order valence-electron chi connectivity index (χ1n) is 6.28. The minimum Gasteiger partial charge on any atom is -0.255 e. The first-order chi connectivity index (χ1) is 9.68. The third-order valence-electron chi connectivity index (χ3n) is 3.36. The summed E-state index contributed by atoms with van der Waals surface area (Å²) in [5.74, 6) is 0. The van der Waals surface area contributed by atoms with Crippen LogP contribution in [-0.2, 0) is 10.8 Å². The molecule has 1 nitrogen and oxygen atoms in total. The fourth-order valence-electron chi connectivity index (χ4n) is 2.44. The Hall–Kier alpha value is -1.64. The molecule has 0 heterocycles. The standard InChI is InChI=1S/C17H13ClOS/c1-20(19)17-9-5-4-8-15(17)13-10-11-16(18)14-7-3-2-6-12(13)14/h2-11H,1H3. The molecule has 20 heavy (non-hydrogen) atoms. The van der Waals surface area contributed by atoms with Crippen molar-refractivity contribution in [2.45, 2.75) is 4.90 Å². The van der Waals surface area contributed by atoms with Crippen LogP contribution < -0.4 is 0 Å². The van der Waals surface area contributed by atoms with Gasteiger partial charge in [-0.3, -0.25) is 4.21 Å². The zero-order valence-electron chi connectivity index (χ0n) is 11.0. The van der Waals surface area contributed by atoms with E-state index in [1.54, 1.807) is 6.26 Å². The van der Waals surface area contributed by atoms with Gasteiger partial charge in [0.2, 0.25) is 0 Å². The van der Waals surface area contributed by atoms with Crippen LogP contribution >= 0.6 is 11.6 Å². The summed E-state index contributed by atoms with van der Waals surface area (Å²) in [6.07, 6.45) is 1.71. The molecule has 1 atom stereocenters. The molecule has 0 fully saturated rings. The Morgan fingerprint density at radius 1 is 0.800 bits per heavy atom. The van der Waals surface area contributed by atoms with Gasteiger partial charge in [-0.05, 0) is 28.6 Å². The van der Waals surface area contributed by atoms with Gasteiger partial charge in [0.15, 0.2) is 0 Å². The van der Waals surface area contributed by atoms with Crippen LogP contribution in [0.25, 0.3) is 21.9 Å². The summed E-state index contributed by atoms with van der Waals surface area (Å²) in [7, 11) is -1.02. The van der Waals surface area contributed by atoms with Crippen LogP contribution in [0.2, 0.25) is 5.02 Å². The zero-order valence-corrected chi connectivity index (χ0v) is 12.5. The second kappa shape index (κ2) is 5.39. The lowest BCUT2D eigenvalue weighted by Gasteiger charge is -2.11. The number of fused-ring (bicyclic) bond motifs is 1. The molecule has 0 aliphatic carbocycles. The van der Waals surface area contributed by atoms with Crippen LogP contribution in [0, 0.1) is 0 Å². The highest BCUT2D eigenvalue weighted by Crippen LogP contribution is 2.35. The van der Waals surface area contributed by atoms with Crippen molar-refractivity contribution in [2.24, 2.45) is 0 Å². The van der Waals surface area contributed by atoms with Crippen molar-refractivity contribution < 1.29 is 4.21 Å². The summed E-state index contributed by atoms with van der Waals surface area (Å²) >= 11 is 6.26. The first-order valence-corrected chi connectivity index (χ1v) is 8.22. The average molecular weight is 301 g/mol. The molecule has 0 saturated heterocycles. The molecule has 0 aromatic heterocycles. The Labute approximate surface area is 125 Å². The van der Waals surface area contributed by atoms with Crippen molar-refractivity contribution in [3.05, 3.63) is 65.7 Å². The molecule has 3 aromatic rings. The lowest BCUT2D eigenvalue weighted by Crippen LogP contribution is -1.92. The van der Waals surface area contributed by atoms with Crippen LogP contribution in [0.3, 0.4) is 0 Å². The van der Waals surface area contributed by atoms with Gasteiger partial charge >= 0.3 is 0 Å². The molecule has 3 rings (SSSR count). The number of benzene rings is 3. The number of hydrogen-bond donors (Lipinski definition) is 0. The highest BCUT2D eigenvalue weighted by Gasteiger charge is 2.11. The van der Waals surface area contributed by atoms with E-state index < -0.39 is 10.8 Å². The average Bonchev–Trinajstić information content (AvgIpc) is 2.48. The van der Waals surface area contributed by atoms with E-state index in [2.05, 4.69) is 0 Å². The molecule has 3 aromatic carbocycles. The van der Waals surface area contributed by atoms with Crippen molar-refractivity contribution in [3.8, 4) is 11.1 Å². The Kier molecular flexibility index (Phi) is 3.60. The van der Waals surface area contributed by atoms with Gasteiger partial charge in [-0.15, -0.1) is 0 Å². The summed E-state index contributed by atoms with van der Waals surface area (Å²) < 4.78 is 11.9. The van der Waals surface area contributed by atoms with Gasteiger partial charge in [0, 0.05) is 21.6 Å². The summed E-state index contributed by atoms with van der Waals surface area (Å²) in [4.78, 5) is 0.847. The lowest BCUT2D eigenvalue weighted by atomic mass is 9.98. The predicted octanol–water partition coefficient (Wildman–Crippen LogP) is 4.90. The molecule has 1 unspecified atom stereocenters. The van der Waals surface area contributed by atoms with Gasteiger partial charge < -0.3 is 0 Å². The smallest absolute Gasteiger partial charge is 0.0504 e. The van der Waals surface area contributed by atoms with E-state index in [-0.39, 0.29) is 0 Å². The van der Waals surface area contributed by atoms with Crippen LogP contribution in [-0.4, -0.2) is 10.5 Å². The third kappa shape index (κ3) is 2.26. The molecule has 0 radical (unpaired) electrons. The maximum Gasteiger partial charge on any atom is 0.0504 e. The fourth-order valence-corrected chi connectivity index (χ4v) is 3.42. The molecule has 0 bridgehead atoms. The summed E-state index contributed by atoms with van der Waals surface area (Å²) in [6.45, 7) is 0. The highest BCUT2D eigenvalue weighted by atomic mass is 35.5. The Balaban J connectivity index is 2.37. The van der Waals surface area contributed by atoms with Gasteiger partial charge in [-0.25, -0.2) is 0 Å². The van der Waals surface area contributed by atoms with Gasteiger partial charge in [0.05, 0.1) is 10.8 Å². The molecule has 0 aliphatic rings. The fraction of sp³-hybridized carbons (Fsp3) is 0.0588. The van der Waals surface area contributed by atoms with Crippen molar-refractivity contribution in [1.29, 1.82) is 0 Å². The summed E-state index contributed by atoms with van der Waals surface area (Å²) in [6, 6.07) is 19.7. The number of hydrogen-bond acceptors (Lipinski definition) is 1. The van der Waals surface area contributed by atoms with Crippen molar-refractivity contribution in [2.75, 3.05) is 6.26 Å². The normalized spacial score (nSPS) is 12.5. The van der Waals surface area contributed by atoms with Crippen LogP contribution in [0.4, 0.5) is 0 Å². The van der Waals surface area contributed by atoms with Crippen molar-refractivity contribution >= 4 is 33.2 Å². The molecule has 3 heteroatoms. The number of rotatable bonds is 2. The van der Waals surface area contributed by atoms with E-state index in [4.69, 9.17) is 11.6 Å². The SMILES string of the molecule is CS(=O)c1ccccc1-c1ccc(Cl)c2ccccc12. The quantitative estimate of drug-likeness (QED) is 0.658. The van der Waals surface area contributed by atoms with E-state index in [1.807, 2.05) is 60.7 Å². The minimum absolute atomic E-state index is 0.736. The molecule has 0 aliphatic heterocycles. The Morgan fingerprint density at radius 3 is 2.20 bits per heavy atom. The molecule has 0 N–H and O–H groups in total. The topological polar surface area (TPSA) is 17.1 Å². The second-order valence-corrected chi connectivity index (χ2v) is 6.35. The zero-order chi connectivity index (χ0) is 14.1. The molecular formula is C17H13ClOS. The lowest BCUT2D eigenvalue weighted by molar-refractivity contribution is 0.687. The molecular weight excluding hydrogens is 288 g/mol. The number of halogens is 1. The molecule has 0 spiro atoms. The van der Waals surface area contributed by atoms with E-state index in [9.17, 15) is 4.21 Å². The largest absolute Gasteiger partial charge is 0.255 e. The van der Waals surface area contributed by atoms with Crippen LogP contribution in [0.5, 0.6) is 0 Å². The maximum atomic E-state index is 11.9. The summed E-state index contributed by atoms with van der Waals surface area (Å²) in [5, 5.41) is 2.83. The minimum atomic E-state index is -1.02. The molecule has 0 saturated carbocycles. The highest BCUT2D eigenvalue weighted by molar-refractivity contribution is 7.84. The van der Waals surface area contributed by atoms with E-state index in [1.165, 1.54) is 0 Å². The third-order valence-corrected chi connectivity index (χ3v) is 4.66. The van der Waals surface area contributed by atoms with E-state index in [0.29, 0.717) is 0 Å². The first kappa shape index (κ1) is 13.3. The van der Waals surface area contributed by atoms with Gasteiger partial charge in [0.1, 0.15) is 0 Å². The van der Waals surface area contributed by atoms with Crippen molar-refractivity contribution in [1.82, 2.24) is 0 Å². The monoisotopic (exact) mass is 300 g/mol. The molecule has 100 valence electrons. The van der Waals surface area contributed by atoms with Gasteiger partial charge in [-0.1, -0.05) is 60.1 Å². The van der Waals surface area contributed by atoms with Crippen LogP contribution in [0.1, 0.15) is 0 Å². The van der Waals surface area contributed by atoms with Gasteiger partial charge in [-0.2, -0.15) is 0 Å². The maximum absolute atomic E-state index is 11.9. The van der Waals surface area contributed by atoms with E-state index >= 15 is 0 Å². The predicted molar refractivity (Wildman–Crippen MR) is 86.7 cm³/mol. The second-order valence-electron chi connectivity index (χ2n) is 4.59. The van der Waals surface area contributed by atoms with Gasteiger partial charge in [0.25, 0.3) is 0 Å².